The molecular weight excluding hydrogens is 196 g/mol. The topological polar surface area (TPSA) is 17.8 Å². The Bertz CT molecular complexity index is 363. The van der Waals surface area contributed by atoms with Crippen LogP contribution >= 0.6 is 0 Å². The first kappa shape index (κ1) is 14.4. The van der Waals surface area contributed by atoms with Crippen LogP contribution in [0, 0.1) is 0 Å². The van der Waals surface area contributed by atoms with Crippen molar-refractivity contribution >= 4 is 0 Å². The Kier molecular flexibility index (Phi) is 7.86. The largest absolute Gasteiger partial charge is 0.275 e. The minimum absolute atomic E-state index is 1.16. The molecule has 88 valence electrons. The van der Waals surface area contributed by atoms with Crippen molar-refractivity contribution in [3.63, 3.8) is 0 Å². The fourth-order valence-electron chi connectivity index (χ4n) is 1.20. The van der Waals surface area contributed by atoms with Crippen molar-refractivity contribution in [1.82, 2.24) is 9.78 Å². The lowest BCUT2D eigenvalue weighted by molar-refractivity contribution is 0.768. The van der Waals surface area contributed by atoms with Gasteiger partial charge in [-0.25, -0.2) is 0 Å². The van der Waals surface area contributed by atoms with Crippen LogP contribution in [0.5, 0.6) is 0 Å². The van der Waals surface area contributed by atoms with E-state index < -0.39 is 0 Å². The van der Waals surface area contributed by atoms with E-state index in [-0.39, 0.29) is 0 Å². The van der Waals surface area contributed by atoms with Gasteiger partial charge in [-0.2, -0.15) is 5.10 Å². The average molecular weight is 218 g/mol. The molecule has 2 rings (SSSR count). The van der Waals surface area contributed by atoms with Crippen LogP contribution in [0.25, 0.3) is 11.1 Å². The van der Waals surface area contributed by atoms with Gasteiger partial charge in [0.2, 0.25) is 0 Å². The van der Waals surface area contributed by atoms with Gasteiger partial charge in [0.1, 0.15) is 0 Å². The first-order chi connectivity index (χ1) is 7.86. The molecule has 0 bridgehead atoms. The molecule has 0 radical (unpaired) electrons. The summed E-state index contributed by atoms with van der Waals surface area (Å²) in [6.45, 7) is 8.00. The van der Waals surface area contributed by atoms with E-state index in [2.05, 4.69) is 17.2 Å². The summed E-state index contributed by atoms with van der Waals surface area (Å²) in [4.78, 5) is 0. The first-order valence-corrected chi connectivity index (χ1v) is 5.90. The van der Waals surface area contributed by atoms with Gasteiger partial charge in [-0.15, -0.1) is 0 Å². The predicted molar refractivity (Wildman–Crippen MR) is 71.3 cm³/mol. The summed E-state index contributed by atoms with van der Waals surface area (Å²) >= 11 is 0. The van der Waals surface area contributed by atoms with Gasteiger partial charge >= 0.3 is 0 Å². The molecule has 2 nitrogen and oxygen atoms in total. The molecule has 1 aromatic heterocycles. The van der Waals surface area contributed by atoms with E-state index in [1.807, 2.05) is 70.0 Å². The molecule has 0 amide bonds. The Labute approximate surface area is 98.9 Å². The second kappa shape index (κ2) is 8.72. The molecule has 0 fully saturated rings. The van der Waals surface area contributed by atoms with Crippen LogP contribution < -0.4 is 0 Å². The van der Waals surface area contributed by atoms with Crippen molar-refractivity contribution in [3.05, 3.63) is 42.7 Å². The molecule has 0 saturated heterocycles. The summed E-state index contributed by atoms with van der Waals surface area (Å²) in [5.41, 5.74) is 2.38. The summed E-state index contributed by atoms with van der Waals surface area (Å²) in [7, 11) is 1.92. The molecule has 0 spiro atoms. The van der Waals surface area contributed by atoms with Crippen molar-refractivity contribution in [2.24, 2.45) is 7.05 Å². The summed E-state index contributed by atoms with van der Waals surface area (Å²) in [5, 5.41) is 4.11. The van der Waals surface area contributed by atoms with Crippen LogP contribution in [0.4, 0.5) is 0 Å². The molecule has 16 heavy (non-hydrogen) atoms. The fraction of sp³-hybridized carbons (Fsp3) is 0.357. The Morgan fingerprint density at radius 2 is 1.44 bits per heavy atom. The lowest BCUT2D eigenvalue weighted by Gasteiger charge is -1.93. The van der Waals surface area contributed by atoms with Crippen LogP contribution in [0.15, 0.2) is 42.7 Å². The highest BCUT2D eigenvalue weighted by Gasteiger charge is 1.96. The standard InChI is InChI=1S/C10H10N2.2C2H6/c1-12-8-10(7-11-12)9-5-3-2-4-6-9;2*1-2/h2-8H,1H3;2*1-2H3. The Morgan fingerprint density at radius 1 is 0.875 bits per heavy atom. The van der Waals surface area contributed by atoms with E-state index in [0.717, 1.165) is 5.56 Å². The van der Waals surface area contributed by atoms with Crippen LogP contribution in [-0.2, 0) is 7.05 Å². The number of rotatable bonds is 1. The second-order valence-corrected chi connectivity index (χ2v) is 2.77. The van der Waals surface area contributed by atoms with Crippen LogP contribution in [0.2, 0.25) is 0 Å². The maximum absolute atomic E-state index is 4.11. The Balaban J connectivity index is 0.000000509. The lowest BCUT2D eigenvalue weighted by atomic mass is 10.1. The molecule has 0 aliphatic rings. The molecule has 0 N–H and O–H groups in total. The van der Waals surface area contributed by atoms with E-state index in [1.165, 1.54) is 5.56 Å². The maximum Gasteiger partial charge on any atom is 0.0568 e. The van der Waals surface area contributed by atoms with Gasteiger partial charge in [-0.05, 0) is 5.56 Å². The van der Waals surface area contributed by atoms with Crippen LogP contribution in [-0.4, -0.2) is 9.78 Å². The molecule has 0 aliphatic carbocycles. The monoisotopic (exact) mass is 218 g/mol. The van der Waals surface area contributed by atoms with Crippen molar-refractivity contribution in [1.29, 1.82) is 0 Å². The van der Waals surface area contributed by atoms with Gasteiger partial charge in [0, 0.05) is 18.8 Å². The molecule has 0 unspecified atom stereocenters. The van der Waals surface area contributed by atoms with Gasteiger partial charge in [0.25, 0.3) is 0 Å². The SMILES string of the molecule is CC.CC.Cn1cc(-c2ccccc2)cn1. The summed E-state index contributed by atoms with van der Waals surface area (Å²) < 4.78 is 1.81. The number of hydrogen-bond acceptors (Lipinski definition) is 1. The third-order valence-electron chi connectivity index (χ3n) is 1.81. The van der Waals surface area contributed by atoms with Gasteiger partial charge in [-0.1, -0.05) is 58.0 Å². The van der Waals surface area contributed by atoms with Crippen molar-refractivity contribution in [3.8, 4) is 11.1 Å². The molecule has 1 aromatic carbocycles. The van der Waals surface area contributed by atoms with Crippen LogP contribution in [0.1, 0.15) is 27.7 Å². The zero-order valence-electron chi connectivity index (χ0n) is 10.9. The third-order valence-corrected chi connectivity index (χ3v) is 1.81. The second-order valence-electron chi connectivity index (χ2n) is 2.77. The minimum Gasteiger partial charge on any atom is -0.275 e. The first-order valence-electron chi connectivity index (χ1n) is 5.90. The van der Waals surface area contributed by atoms with E-state index in [0.29, 0.717) is 0 Å². The fourth-order valence-corrected chi connectivity index (χ4v) is 1.20. The third kappa shape index (κ3) is 4.30. The van der Waals surface area contributed by atoms with Crippen LogP contribution in [0.3, 0.4) is 0 Å². The summed E-state index contributed by atoms with van der Waals surface area (Å²) in [6.07, 6.45) is 3.88. The van der Waals surface area contributed by atoms with Gasteiger partial charge in [0.05, 0.1) is 6.20 Å². The molecule has 2 aromatic rings. The molecule has 0 saturated carbocycles. The highest BCUT2D eigenvalue weighted by Crippen LogP contribution is 2.16. The minimum atomic E-state index is 1.16. The molecular formula is C14H22N2. The number of aromatic nitrogens is 2. The van der Waals surface area contributed by atoms with Gasteiger partial charge in [-0.3, -0.25) is 4.68 Å². The molecule has 0 aliphatic heterocycles. The number of benzene rings is 1. The van der Waals surface area contributed by atoms with Crippen molar-refractivity contribution in [2.45, 2.75) is 27.7 Å². The quantitative estimate of drug-likeness (QED) is 0.703. The molecule has 0 atom stereocenters. The smallest absolute Gasteiger partial charge is 0.0568 e. The molecule has 1 heterocycles. The van der Waals surface area contributed by atoms with E-state index >= 15 is 0 Å². The predicted octanol–water partition coefficient (Wildman–Crippen LogP) is 4.14. The highest BCUT2D eigenvalue weighted by molar-refractivity contribution is 5.61. The normalized spacial score (nSPS) is 8.31. The van der Waals surface area contributed by atoms with Gasteiger partial charge in [0.15, 0.2) is 0 Å². The molecule has 2 heteroatoms. The lowest BCUT2D eigenvalue weighted by Crippen LogP contribution is -1.83. The van der Waals surface area contributed by atoms with E-state index in [9.17, 15) is 0 Å². The summed E-state index contributed by atoms with van der Waals surface area (Å²) in [6, 6.07) is 10.2. The van der Waals surface area contributed by atoms with Crippen molar-refractivity contribution in [2.75, 3.05) is 0 Å². The number of aryl methyl sites for hydroxylation is 1. The summed E-state index contributed by atoms with van der Waals surface area (Å²) in [5.74, 6) is 0. The van der Waals surface area contributed by atoms with E-state index in [4.69, 9.17) is 0 Å². The zero-order chi connectivity index (χ0) is 12.4. The number of nitrogens with zero attached hydrogens (tertiary/aromatic N) is 2. The zero-order valence-corrected chi connectivity index (χ0v) is 10.9. The van der Waals surface area contributed by atoms with Crippen molar-refractivity contribution < 1.29 is 0 Å². The average Bonchev–Trinajstić information content (AvgIpc) is 2.82. The Morgan fingerprint density at radius 3 is 1.88 bits per heavy atom. The number of hydrogen-bond donors (Lipinski definition) is 0. The van der Waals surface area contributed by atoms with E-state index in [1.54, 1.807) is 0 Å². The maximum atomic E-state index is 4.11. The highest BCUT2D eigenvalue weighted by atomic mass is 15.2. The Hall–Kier alpha value is -1.57. The van der Waals surface area contributed by atoms with Gasteiger partial charge < -0.3 is 0 Å².